The normalized spacial score (nSPS) is 17.1. The molecule has 150 valence electrons. The van der Waals surface area contributed by atoms with Crippen LogP contribution in [0.5, 0.6) is 0 Å². The smallest absolute Gasteiger partial charge is 0.322 e. The molecule has 0 spiro atoms. The van der Waals surface area contributed by atoms with E-state index in [0.717, 1.165) is 26.8 Å². The maximum atomic E-state index is 13.3. The summed E-state index contributed by atoms with van der Waals surface area (Å²) in [6.07, 6.45) is 3.64. The van der Waals surface area contributed by atoms with Gasteiger partial charge in [0.15, 0.2) is 5.16 Å². The van der Waals surface area contributed by atoms with E-state index in [-0.39, 0.29) is 17.2 Å². The van der Waals surface area contributed by atoms with Crippen molar-refractivity contribution < 1.29 is 18.3 Å². The Labute approximate surface area is 176 Å². The summed E-state index contributed by atoms with van der Waals surface area (Å²) in [7, 11) is -3.98. The number of aliphatic carboxylic acids is 1. The van der Waals surface area contributed by atoms with E-state index in [1.165, 1.54) is 17.8 Å². The number of carboxylic acids is 1. The lowest BCUT2D eigenvalue weighted by atomic mass is 9.96. The van der Waals surface area contributed by atoms with Gasteiger partial charge < -0.3 is 5.11 Å². The highest BCUT2D eigenvalue weighted by Gasteiger charge is 2.40. The molecule has 1 aliphatic rings. The molecule has 4 rings (SSSR count). The number of carboxylic acid groups (broad SMARTS) is 1. The molecule has 0 aliphatic carbocycles. The molecule has 1 atom stereocenters. The Bertz CT molecular complexity index is 1180. The van der Waals surface area contributed by atoms with Crippen LogP contribution >= 0.6 is 23.1 Å². The van der Waals surface area contributed by atoms with Crippen molar-refractivity contribution in [2.75, 3.05) is 6.26 Å². The van der Waals surface area contributed by atoms with Gasteiger partial charge in [-0.2, -0.15) is 4.31 Å². The number of carbonyl (C=O) groups is 1. The summed E-state index contributed by atoms with van der Waals surface area (Å²) >= 11 is 2.48. The van der Waals surface area contributed by atoms with E-state index in [2.05, 4.69) is 9.97 Å². The fraction of sp³-hybridized carbons (Fsp3) is 0.211. The second-order valence-electron chi connectivity index (χ2n) is 6.42. The quantitative estimate of drug-likeness (QED) is 0.474. The zero-order valence-electron chi connectivity index (χ0n) is 15.3. The first-order chi connectivity index (χ1) is 13.9. The van der Waals surface area contributed by atoms with Crippen LogP contribution in [0.2, 0.25) is 0 Å². The number of sulfonamides is 1. The highest BCUT2D eigenvalue weighted by molar-refractivity contribution is 7.98. The highest BCUT2D eigenvalue weighted by Crippen LogP contribution is 2.35. The summed E-state index contributed by atoms with van der Waals surface area (Å²) in [5, 5.41) is 10.3. The van der Waals surface area contributed by atoms with E-state index >= 15 is 0 Å². The van der Waals surface area contributed by atoms with E-state index in [1.807, 2.05) is 30.5 Å². The van der Waals surface area contributed by atoms with E-state index < -0.39 is 22.0 Å². The lowest BCUT2D eigenvalue weighted by Crippen LogP contribution is -2.48. The molecule has 0 saturated carbocycles. The number of hydrogen-bond acceptors (Lipinski definition) is 7. The second kappa shape index (κ2) is 7.86. The minimum absolute atomic E-state index is 0.0346. The molecule has 0 fully saturated rings. The van der Waals surface area contributed by atoms with Gasteiger partial charge in [-0.05, 0) is 35.6 Å². The third kappa shape index (κ3) is 3.80. The zero-order chi connectivity index (χ0) is 20.6. The van der Waals surface area contributed by atoms with Crippen LogP contribution < -0.4 is 0 Å². The highest BCUT2D eigenvalue weighted by atomic mass is 32.2. The molecule has 7 nitrogen and oxygen atoms in total. The number of thioether (sulfide) groups is 1. The Morgan fingerprint density at radius 2 is 1.97 bits per heavy atom. The van der Waals surface area contributed by atoms with Crippen LogP contribution in [0.15, 0.2) is 58.0 Å². The van der Waals surface area contributed by atoms with Crippen LogP contribution in [0.3, 0.4) is 0 Å². The Hall–Kier alpha value is -2.27. The van der Waals surface area contributed by atoms with Crippen molar-refractivity contribution in [1.82, 2.24) is 14.3 Å². The van der Waals surface area contributed by atoms with E-state index in [9.17, 15) is 18.3 Å². The molecule has 3 aromatic rings. The van der Waals surface area contributed by atoms with Crippen molar-refractivity contribution in [3.8, 4) is 10.6 Å². The average molecular weight is 448 g/mol. The van der Waals surface area contributed by atoms with Gasteiger partial charge in [0.1, 0.15) is 10.3 Å². The largest absolute Gasteiger partial charge is 0.480 e. The van der Waals surface area contributed by atoms with Gasteiger partial charge >= 0.3 is 5.97 Å². The van der Waals surface area contributed by atoms with Gasteiger partial charge in [0, 0.05) is 19.2 Å². The predicted octanol–water partition coefficient (Wildman–Crippen LogP) is 3.13. The Kier molecular flexibility index (Phi) is 5.43. The number of thiophene rings is 1. The summed E-state index contributed by atoms with van der Waals surface area (Å²) in [5.74, 6) is -1.15. The molecule has 0 amide bonds. The summed E-state index contributed by atoms with van der Waals surface area (Å²) in [6.45, 7) is 0.0346. The van der Waals surface area contributed by atoms with Crippen LogP contribution in [0.4, 0.5) is 0 Å². The van der Waals surface area contributed by atoms with Crippen molar-refractivity contribution in [3.63, 3.8) is 0 Å². The van der Waals surface area contributed by atoms with E-state index in [1.54, 1.807) is 18.3 Å². The number of hydrogen-bond donors (Lipinski definition) is 1. The minimum atomic E-state index is -3.98. The lowest BCUT2D eigenvalue weighted by molar-refractivity contribution is -0.141. The van der Waals surface area contributed by atoms with Crippen LogP contribution in [0.25, 0.3) is 10.6 Å². The maximum absolute atomic E-state index is 13.3. The van der Waals surface area contributed by atoms with Gasteiger partial charge in [-0.15, -0.1) is 11.3 Å². The van der Waals surface area contributed by atoms with Gasteiger partial charge in [0.2, 0.25) is 0 Å². The summed E-state index contributed by atoms with van der Waals surface area (Å²) < 4.78 is 27.8. The summed E-state index contributed by atoms with van der Waals surface area (Å²) in [4.78, 5) is 21.0. The Morgan fingerprint density at radius 3 is 2.69 bits per heavy atom. The molecule has 2 aromatic heterocycles. The van der Waals surface area contributed by atoms with Crippen LogP contribution in [0, 0.1) is 0 Å². The van der Waals surface area contributed by atoms with Gasteiger partial charge in [0.05, 0.1) is 10.6 Å². The van der Waals surface area contributed by atoms with Gasteiger partial charge in [0.25, 0.3) is 10.0 Å². The standard InChI is InChI=1S/C19H17N3O4S3/c1-27-19-20-9-8-14(21-19)16-6-7-17(28-16)29(25,26)22-11-13-5-3-2-4-12(13)10-15(22)18(23)24/h2-9,15H,10-11H2,1H3,(H,23,24)/t15-/m1/s1. The van der Waals surface area contributed by atoms with Crippen molar-refractivity contribution in [1.29, 1.82) is 0 Å². The third-order valence-electron chi connectivity index (χ3n) is 4.70. The fourth-order valence-electron chi connectivity index (χ4n) is 3.25. The predicted molar refractivity (Wildman–Crippen MR) is 111 cm³/mol. The number of rotatable bonds is 5. The van der Waals surface area contributed by atoms with Crippen molar-refractivity contribution in [2.24, 2.45) is 0 Å². The molecule has 1 N–H and O–H groups in total. The minimum Gasteiger partial charge on any atom is -0.480 e. The van der Waals surface area contributed by atoms with Crippen LogP contribution in [-0.2, 0) is 27.8 Å². The molecule has 10 heteroatoms. The molecule has 0 saturated heterocycles. The van der Waals surface area contributed by atoms with Crippen LogP contribution in [0.1, 0.15) is 11.1 Å². The average Bonchev–Trinajstić information content (AvgIpc) is 3.24. The number of nitrogens with zero attached hydrogens (tertiary/aromatic N) is 3. The van der Waals surface area contributed by atoms with Crippen molar-refractivity contribution in [3.05, 3.63) is 59.8 Å². The molecule has 0 unspecified atom stereocenters. The van der Waals surface area contributed by atoms with Gasteiger partial charge in [-0.3, -0.25) is 4.79 Å². The second-order valence-corrected chi connectivity index (χ2v) is 10.4. The first kappa shape index (κ1) is 20.0. The van der Waals surface area contributed by atoms with Crippen molar-refractivity contribution >= 4 is 39.1 Å². The first-order valence-electron chi connectivity index (χ1n) is 8.69. The van der Waals surface area contributed by atoms with Crippen LogP contribution in [-0.4, -0.2) is 46.1 Å². The zero-order valence-corrected chi connectivity index (χ0v) is 17.8. The number of benzene rings is 1. The van der Waals surface area contributed by atoms with Gasteiger partial charge in [-0.25, -0.2) is 18.4 Å². The molecule has 29 heavy (non-hydrogen) atoms. The Morgan fingerprint density at radius 1 is 1.21 bits per heavy atom. The van der Waals surface area contributed by atoms with E-state index in [4.69, 9.17) is 0 Å². The Balaban J connectivity index is 1.71. The SMILES string of the molecule is CSc1nccc(-c2ccc(S(=O)(=O)N3Cc4ccccc4C[C@@H]3C(=O)O)s2)n1. The fourth-order valence-corrected chi connectivity index (χ4v) is 6.57. The number of aromatic nitrogens is 2. The summed E-state index contributed by atoms with van der Waals surface area (Å²) in [6, 6.07) is 11.1. The molecule has 1 aliphatic heterocycles. The molecule has 0 bridgehead atoms. The topological polar surface area (TPSA) is 100 Å². The van der Waals surface area contributed by atoms with Crippen molar-refractivity contribution in [2.45, 2.75) is 28.4 Å². The molecule has 1 aromatic carbocycles. The molecule has 0 radical (unpaired) electrons. The number of fused-ring (bicyclic) bond motifs is 1. The van der Waals surface area contributed by atoms with E-state index in [0.29, 0.717) is 15.7 Å². The third-order valence-corrected chi connectivity index (χ3v) is 8.70. The van der Waals surface area contributed by atoms with Gasteiger partial charge in [-0.1, -0.05) is 36.0 Å². The monoisotopic (exact) mass is 447 g/mol. The summed E-state index contributed by atoms with van der Waals surface area (Å²) in [5.41, 5.74) is 2.32. The molecule has 3 heterocycles. The maximum Gasteiger partial charge on any atom is 0.322 e. The first-order valence-corrected chi connectivity index (χ1v) is 12.2. The molecular formula is C19H17N3O4S3. The molecular weight excluding hydrogens is 430 g/mol. The lowest BCUT2D eigenvalue weighted by Gasteiger charge is -2.33.